The lowest BCUT2D eigenvalue weighted by Gasteiger charge is -2.29. The zero-order valence-electron chi connectivity index (χ0n) is 8.76. The third kappa shape index (κ3) is 2.34. The molecule has 1 saturated heterocycles. The van der Waals surface area contributed by atoms with Crippen molar-refractivity contribution >= 4 is 0 Å². The molecule has 3 heteroatoms. The van der Waals surface area contributed by atoms with Gasteiger partial charge >= 0.3 is 0 Å². The van der Waals surface area contributed by atoms with Crippen LogP contribution in [0.5, 0.6) is 0 Å². The molecular formula is C12H15F2N. The molecule has 1 aliphatic heterocycles. The second kappa shape index (κ2) is 4.27. The van der Waals surface area contributed by atoms with Crippen LogP contribution in [0.3, 0.4) is 0 Å². The van der Waals surface area contributed by atoms with Crippen LogP contribution in [0.2, 0.25) is 0 Å². The van der Waals surface area contributed by atoms with Crippen LogP contribution < -0.4 is 5.32 Å². The summed E-state index contributed by atoms with van der Waals surface area (Å²) in [6.45, 7) is 2.09. The van der Waals surface area contributed by atoms with E-state index in [9.17, 15) is 8.78 Å². The smallest absolute Gasteiger partial charge is 0.130 e. The fourth-order valence-electron chi connectivity index (χ4n) is 2.17. The highest BCUT2D eigenvalue weighted by atomic mass is 19.1. The van der Waals surface area contributed by atoms with E-state index in [-0.39, 0.29) is 6.04 Å². The third-order valence-electron chi connectivity index (χ3n) is 2.95. The Kier molecular flexibility index (Phi) is 3.00. The van der Waals surface area contributed by atoms with E-state index in [1.165, 1.54) is 6.07 Å². The van der Waals surface area contributed by atoms with Gasteiger partial charge in [-0.3, -0.25) is 0 Å². The van der Waals surface area contributed by atoms with E-state index >= 15 is 0 Å². The quantitative estimate of drug-likeness (QED) is 0.752. The molecule has 1 aliphatic rings. The van der Waals surface area contributed by atoms with E-state index in [2.05, 4.69) is 12.2 Å². The largest absolute Gasteiger partial charge is 0.307 e. The first-order chi connectivity index (χ1) is 7.16. The molecule has 2 unspecified atom stereocenters. The fraction of sp³-hybridized carbons (Fsp3) is 0.500. The summed E-state index contributed by atoms with van der Waals surface area (Å²) in [5, 5.41) is 3.33. The SMILES string of the molecule is CC1CCCC(c2ccc(F)cc2F)N1. The molecule has 2 rings (SSSR count). The Morgan fingerprint density at radius 2 is 2.07 bits per heavy atom. The molecule has 2 atom stereocenters. The van der Waals surface area contributed by atoms with Crippen molar-refractivity contribution in [3.05, 3.63) is 35.4 Å². The normalized spacial score (nSPS) is 26.6. The van der Waals surface area contributed by atoms with Crippen molar-refractivity contribution in [3.63, 3.8) is 0 Å². The van der Waals surface area contributed by atoms with Gasteiger partial charge < -0.3 is 5.32 Å². The van der Waals surface area contributed by atoms with Crippen molar-refractivity contribution in [2.75, 3.05) is 0 Å². The Morgan fingerprint density at radius 3 is 2.73 bits per heavy atom. The molecule has 1 nitrogen and oxygen atoms in total. The van der Waals surface area contributed by atoms with Crippen molar-refractivity contribution in [3.8, 4) is 0 Å². The summed E-state index contributed by atoms with van der Waals surface area (Å²) >= 11 is 0. The minimum atomic E-state index is -0.514. The molecule has 0 radical (unpaired) electrons. The molecular weight excluding hydrogens is 196 g/mol. The van der Waals surface area contributed by atoms with Gasteiger partial charge in [0.25, 0.3) is 0 Å². The van der Waals surface area contributed by atoms with E-state index in [1.807, 2.05) is 0 Å². The van der Waals surface area contributed by atoms with Gasteiger partial charge in [-0.1, -0.05) is 12.5 Å². The van der Waals surface area contributed by atoms with Crippen molar-refractivity contribution in [1.29, 1.82) is 0 Å². The first-order valence-electron chi connectivity index (χ1n) is 5.38. The standard InChI is InChI=1S/C12H15F2N/c1-8-3-2-4-12(15-8)10-6-5-9(13)7-11(10)14/h5-8,12,15H,2-4H2,1H3. The Labute approximate surface area is 88.5 Å². The molecule has 1 N–H and O–H groups in total. The summed E-state index contributed by atoms with van der Waals surface area (Å²) in [5.41, 5.74) is 0.586. The van der Waals surface area contributed by atoms with Crippen LogP contribution in [0.25, 0.3) is 0 Å². The maximum absolute atomic E-state index is 13.5. The van der Waals surface area contributed by atoms with Crippen LogP contribution in [0.1, 0.15) is 37.8 Å². The summed E-state index contributed by atoms with van der Waals surface area (Å²) < 4.78 is 26.2. The van der Waals surface area contributed by atoms with Crippen LogP contribution in [0.15, 0.2) is 18.2 Å². The molecule has 0 amide bonds. The van der Waals surface area contributed by atoms with Crippen molar-refractivity contribution in [1.82, 2.24) is 5.32 Å². The van der Waals surface area contributed by atoms with Crippen molar-refractivity contribution < 1.29 is 8.78 Å². The van der Waals surface area contributed by atoms with E-state index in [0.717, 1.165) is 25.3 Å². The highest BCUT2D eigenvalue weighted by Crippen LogP contribution is 2.27. The van der Waals surface area contributed by atoms with Gasteiger partial charge in [0, 0.05) is 23.7 Å². The van der Waals surface area contributed by atoms with Crippen molar-refractivity contribution in [2.45, 2.75) is 38.3 Å². The third-order valence-corrected chi connectivity index (χ3v) is 2.95. The maximum atomic E-state index is 13.5. The summed E-state index contributed by atoms with van der Waals surface area (Å²) in [5.74, 6) is -0.957. The molecule has 1 aromatic rings. The maximum Gasteiger partial charge on any atom is 0.130 e. The predicted octanol–water partition coefficient (Wildman–Crippen LogP) is 3.17. The highest BCUT2D eigenvalue weighted by Gasteiger charge is 2.21. The van der Waals surface area contributed by atoms with E-state index in [1.54, 1.807) is 6.07 Å². The van der Waals surface area contributed by atoms with Crippen molar-refractivity contribution in [2.24, 2.45) is 0 Å². The van der Waals surface area contributed by atoms with Gasteiger partial charge in [0.2, 0.25) is 0 Å². The number of piperidine rings is 1. The summed E-state index contributed by atoms with van der Waals surface area (Å²) in [4.78, 5) is 0. The summed E-state index contributed by atoms with van der Waals surface area (Å²) in [6, 6.07) is 4.26. The molecule has 0 bridgehead atoms. The van der Waals surface area contributed by atoms with Gasteiger partial charge in [0.15, 0.2) is 0 Å². The first kappa shape index (κ1) is 10.6. The lowest BCUT2D eigenvalue weighted by Crippen LogP contribution is -2.35. The van der Waals surface area contributed by atoms with E-state index < -0.39 is 11.6 Å². The minimum absolute atomic E-state index is 0.0364. The van der Waals surface area contributed by atoms with Gasteiger partial charge in [-0.25, -0.2) is 8.78 Å². The van der Waals surface area contributed by atoms with Crippen LogP contribution in [-0.4, -0.2) is 6.04 Å². The fourth-order valence-corrected chi connectivity index (χ4v) is 2.17. The molecule has 0 spiro atoms. The molecule has 1 aromatic carbocycles. The number of hydrogen-bond acceptors (Lipinski definition) is 1. The summed E-state index contributed by atoms with van der Waals surface area (Å²) in [7, 11) is 0. The second-order valence-corrected chi connectivity index (χ2v) is 4.22. The Hall–Kier alpha value is -0.960. The molecule has 0 aromatic heterocycles. The molecule has 15 heavy (non-hydrogen) atoms. The number of benzene rings is 1. The zero-order chi connectivity index (χ0) is 10.8. The Bertz CT molecular complexity index is 351. The van der Waals surface area contributed by atoms with Crippen LogP contribution >= 0.6 is 0 Å². The van der Waals surface area contributed by atoms with Crippen LogP contribution in [0.4, 0.5) is 8.78 Å². The second-order valence-electron chi connectivity index (χ2n) is 4.22. The van der Waals surface area contributed by atoms with E-state index in [0.29, 0.717) is 11.6 Å². The van der Waals surface area contributed by atoms with Crippen LogP contribution in [0, 0.1) is 11.6 Å². The molecule has 82 valence electrons. The highest BCUT2D eigenvalue weighted by molar-refractivity contribution is 5.22. The monoisotopic (exact) mass is 211 g/mol. The lowest BCUT2D eigenvalue weighted by atomic mass is 9.94. The average Bonchev–Trinajstić information content (AvgIpc) is 2.17. The predicted molar refractivity (Wildman–Crippen MR) is 55.5 cm³/mol. The minimum Gasteiger partial charge on any atom is -0.307 e. The lowest BCUT2D eigenvalue weighted by molar-refractivity contribution is 0.334. The molecule has 0 saturated carbocycles. The average molecular weight is 211 g/mol. The number of halogens is 2. The number of hydrogen-bond donors (Lipinski definition) is 1. The Morgan fingerprint density at radius 1 is 1.27 bits per heavy atom. The Balaban J connectivity index is 2.21. The topological polar surface area (TPSA) is 12.0 Å². The van der Waals surface area contributed by atoms with Gasteiger partial charge in [0.05, 0.1) is 0 Å². The molecule has 0 aliphatic carbocycles. The zero-order valence-corrected chi connectivity index (χ0v) is 8.76. The van der Waals surface area contributed by atoms with Crippen LogP contribution in [-0.2, 0) is 0 Å². The first-order valence-corrected chi connectivity index (χ1v) is 5.38. The van der Waals surface area contributed by atoms with E-state index in [4.69, 9.17) is 0 Å². The van der Waals surface area contributed by atoms with Gasteiger partial charge in [-0.15, -0.1) is 0 Å². The number of rotatable bonds is 1. The molecule has 1 fully saturated rings. The molecule has 1 heterocycles. The number of nitrogens with one attached hydrogen (secondary N) is 1. The van der Waals surface area contributed by atoms with Gasteiger partial charge in [0.1, 0.15) is 11.6 Å². The van der Waals surface area contributed by atoms with Gasteiger partial charge in [-0.05, 0) is 25.8 Å². The summed E-state index contributed by atoms with van der Waals surface area (Å²) in [6.07, 6.45) is 3.14. The van der Waals surface area contributed by atoms with Gasteiger partial charge in [-0.2, -0.15) is 0 Å².